The fourth-order valence-electron chi connectivity index (χ4n) is 1.27. The van der Waals surface area contributed by atoms with Crippen molar-refractivity contribution in [2.24, 2.45) is 5.92 Å². The number of benzene rings is 1. The Kier molecular flexibility index (Phi) is 4.19. The molecule has 1 rings (SSSR count). The van der Waals surface area contributed by atoms with Gasteiger partial charge in [0.05, 0.1) is 10.7 Å². The van der Waals surface area contributed by atoms with Crippen LogP contribution in [-0.4, -0.2) is 17.1 Å². The van der Waals surface area contributed by atoms with Gasteiger partial charge in [0.25, 0.3) is 0 Å². The van der Waals surface area contributed by atoms with Crippen LogP contribution in [0.5, 0.6) is 0 Å². The molecule has 0 aromatic heterocycles. The van der Waals surface area contributed by atoms with E-state index in [1.165, 1.54) is 0 Å². The summed E-state index contributed by atoms with van der Waals surface area (Å²) >= 11 is 5.87. The minimum absolute atomic E-state index is 0.136. The maximum atomic E-state index is 11.1. The fourth-order valence-corrected chi connectivity index (χ4v) is 1.53. The number of hydrogen-bond donors (Lipinski definition) is 2. The molecule has 0 spiro atoms. The number of rotatable bonds is 4. The molecule has 0 saturated heterocycles. The van der Waals surface area contributed by atoms with Crippen molar-refractivity contribution in [2.75, 3.05) is 5.32 Å². The van der Waals surface area contributed by atoms with E-state index in [1.54, 1.807) is 18.2 Å². The van der Waals surface area contributed by atoms with Crippen molar-refractivity contribution in [3.63, 3.8) is 0 Å². The normalized spacial score (nSPS) is 12.6. The van der Waals surface area contributed by atoms with Crippen LogP contribution in [0.2, 0.25) is 5.02 Å². The molecule has 1 unspecified atom stereocenters. The smallest absolute Gasteiger partial charge is 0.339 e. The molecule has 0 bridgehead atoms. The number of carboxylic acid groups (broad SMARTS) is 1. The zero-order valence-electron chi connectivity index (χ0n) is 9.62. The molecule has 0 heterocycles. The van der Waals surface area contributed by atoms with Gasteiger partial charge in [0.2, 0.25) is 0 Å². The number of anilines is 1. The van der Waals surface area contributed by atoms with Crippen LogP contribution < -0.4 is 5.32 Å². The third-order valence-corrected chi connectivity index (χ3v) is 2.93. The van der Waals surface area contributed by atoms with Crippen molar-refractivity contribution in [3.8, 4) is 0 Å². The zero-order valence-corrected chi connectivity index (χ0v) is 10.4. The molecule has 0 saturated carbocycles. The van der Waals surface area contributed by atoms with Gasteiger partial charge < -0.3 is 10.4 Å². The van der Waals surface area contributed by atoms with Crippen molar-refractivity contribution in [2.45, 2.75) is 26.8 Å². The summed E-state index contributed by atoms with van der Waals surface area (Å²) in [4.78, 5) is 11.1. The van der Waals surface area contributed by atoms with Gasteiger partial charge in [-0.15, -0.1) is 0 Å². The number of hydrogen-bond acceptors (Lipinski definition) is 2. The van der Waals surface area contributed by atoms with Gasteiger partial charge >= 0.3 is 5.97 Å². The lowest BCUT2D eigenvalue weighted by molar-refractivity contribution is 0.0698. The Morgan fingerprint density at radius 2 is 2.00 bits per heavy atom. The maximum Gasteiger partial charge on any atom is 0.339 e. The second-order valence-corrected chi connectivity index (χ2v) is 4.55. The van der Waals surface area contributed by atoms with Crippen LogP contribution in [0.4, 0.5) is 5.69 Å². The predicted octanol–water partition coefficient (Wildman–Crippen LogP) is 3.49. The third kappa shape index (κ3) is 2.89. The molecule has 0 aliphatic carbocycles. The monoisotopic (exact) mass is 241 g/mol. The van der Waals surface area contributed by atoms with Gasteiger partial charge in [-0.05, 0) is 25.0 Å². The number of halogens is 1. The average Bonchev–Trinajstić information content (AvgIpc) is 2.16. The van der Waals surface area contributed by atoms with E-state index in [-0.39, 0.29) is 16.6 Å². The largest absolute Gasteiger partial charge is 0.478 e. The predicted molar refractivity (Wildman–Crippen MR) is 66.3 cm³/mol. The molecule has 1 atom stereocenters. The summed E-state index contributed by atoms with van der Waals surface area (Å²) in [6.45, 7) is 6.16. The summed E-state index contributed by atoms with van der Waals surface area (Å²) < 4.78 is 0. The average molecular weight is 242 g/mol. The molecule has 3 nitrogen and oxygen atoms in total. The molecule has 1 aromatic rings. The number of aromatic carboxylic acids is 1. The molecule has 4 heteroatoms. The van der Waals surface area contributed by atoms with Gasteiger partial charge in [0, 0.05) is 6.04 Å². The molecule has 1 aromatic carbocycles. The van der Waals surface area contributed by atoms with Crippen molar-refractivity contribution < 1.29 is 9.90 Å². The van der Waals surface area contributed by atoms with Gasteiger partial charge in [-0.2, -0.15) is 0 Å². The Balaban J connectivity index is 3.04. The highest BCUT2D eigenvalue weighted by atomic mass is 35.5. The van der Waals surface area contributed by atoms with Crippen LogP contribution in [0.25, 0.3) is 0 Å². The van der Waals surface area contributed by atoms with E-state index in [9.17, 15) is 4.79 Å². The van der Waals surface area contributed by atoms with E-state index >= 15 is 0 Å². The zero-order chi connectivity index (χ0) is 12.3. The van der Waals surface area contributed by atoms with Crippen LogP contribution >= 0.6 is 11.6 Å². The highest BCUT2D eigenvalue weighted by Gasteiger charge is 2.16. The highest BCUT2D eigenvalue weighted by molar-refractivity contribution is 6.34. The summed E-state index contributed by atoms with van der Waals surface area (Å²) in [5.74, 6) is -0.593. The quantitative estimate of drug-likeness (QED) is 0.848. The Labute approximate surface area is 100 Å². The first-order chi connectivity index (χ1) is 7.43. The summed E-state index contributed by atoms with van der Waals surface area (Å²) in [5.41, 5.74) is 0.706. The van der Waals surface area contributed by atoms with E-state index in [2.05, 4.69) is 19.2 Å². The Morgan fingerprint density at radius 1 is 1.38 bits per heavy atom. The SMILES string of the molecule is CC(C)C(C)Nc1cccc(Cl)c1C(=O)O. The Morgan fingerprint density at radius 3 is 2.50 bits per heavy atom. The van der Waals surface area contributed by atoms with Gasteiger partial charge in [-0.1, -0.05) is 31.5 Å². The molecule has 88 valence electrons. The summed E-state index contributed by atoms with van der Waals surface area (Å²) in [5, 5.41) is 12.5. The topological polar surface area (TPSA) is 49.3 Å². The van der Waals surface area contributed by atoms with Crippen LogP contribution in [0.15, 0.2) is 18.2 Å². The number of carboxylic acids is 1. The molecule has 16 heavy (non-hydrogen) atoms. The number of carbonyl (C=O) groups is 1. The van der Waals surface area contributed by atoms with Crippen LogP contribution in [0.1, 0.15) is 31.1 Å². The summed E-state index contributed by atoms with van der Waals surface area (Å²) in [6, 6.07) is 5.24. The molecular formula is C12H16ClNO2. The molecule has 0 amide bonds. The van der Waals surface area contributed by atoms with Crippen LogP contribution in [0.3, 0.4) is 0 Å². The minimum atomic E-state index is -1.01. The van der Waals surface area contributed by atoms with Gasteiger partial charge in [0.15, 0.2) is 0 Å². The maximum absolute atomic E-state index is 11.1. The van der Waals surface area contributed by atoms with Gasteiger partial charge in [0.1, 0.15) is 5.56 Å². The van der Waals surface area contributed by atoms with E-state index < -0.39 is 5.97 Å². The molecule has 0 radical (unpaired) electrons. The lowest BCUT2D eigenvalue weighted by Crippen LogP contribution is -2.22. The first kappa shape index (κ1) is 12.8. The first-order valence-electron chi connectivity index (χ1n) is 5.21. The van der Waals surface area contributed by atoms with Crippen molar-refractivity contribution in [3.05, 3.63) is 28.8 Å². The van der Waals surface area contributed by atoms with E-state index in [0.29, 0.717) is 11.6 Å². The van der Waals surface area contributed by atoms with E-state index in [4.69, 9.17) is 16.7 Å². The third-order valence-electron chi connectivity index (χ3n) is 2.61. The molecular weight excluding hydrogens is 226 g/mol. The van der Waals surface area contributed by atoms with E-state index in [0.717, 1.165) is 0 Å². The molecule has 2 N–H and O–H groups in total. The molecule has 0 aliphatic rings. The number of nitrogens with one attached hydrogen (secondary N) is 1. The van der Waals surface area contributed by atoms with Crippen LogP contribution in [-0.2, 0) is 0 Å². The highest BCUT2D eigenvalue weighted by Crippen LogP contribution is 2.25. The minimum Gasteiger partial charge on any atom is -0.478 e. The lowest BCUT2D eigenvalue weighted by Gasteiger charge is -2.20. The molecule has 0 aliphatic heterocycles. The van der Waals surface area contributed by atoms with Gasteiger partial charge in [-0.25, -0.2) is 4.79 Å². The molecule has 0 fully saturated rings. The summed E-state index contributed by atoms with van der Waals surface area (Å²) in [7, 11) is 0. The second kappa shape index (κ2) is 5.21. The Bertz CT molecular complexity index is 391. The Hall–Kier alpha value is -1.22. The first-order valence-corrected chi connectivity index (χ1v) is 5.59. The summed E-state index contributed by atoms with van der Waals surface area (Å²) in [6.07, 6.45) is 0. The van der Waals surface area contributed by atoms with E-state index in [1.807, 2.05) is 6.92 Å². The van der Waals surface area contributed by atoms with Crippen molar-refractivity contribution in [1.82, 2.24) is 0 Å². The van der Waals surface area contributed by atoms with Crippen molar-refractivity contribution in [1.29, 1.82) is 0 Å². The second-order valence-electron chi connectivity index (χ2n) is 4.14. The fraction of sp³-hybridized carbons (Fsp3) is 0.417. The van der Waals surface area contributed by atoms with Crippen LogP contribution in [0, 0.1) is 5.92 Å². The lowest BCUT2D eigenvalue weighted by atomic mass is 10.1. The van der Waals surface area contributed by atoms with Crippen molar-refractivity contribution >= 4 is 23.3 Å². The standard InChI is InChI=1S/C12H16ClNO2/c1-7(2)8(3)14-10-6-4-5-9(13)11(10)12(15)16/h4-8,14H,1-3H3,(H,15,16). The van der Waals surface area contributed by atoms with Gasteiger partial charge in [-0.3, -0.25) is 0 Å².